The molecule has 0 radical (unpaired) electrons. The molecule has 94 valence electrons. The van der Waals surface area contributed by atoms with Gasteiger partial charge >= 0.3 is 5.97 Å². The first-order chi connectivity index (χ1) is 7.76. The van der Waals surface area contributed by atoms with Gasteiger partial charge in [0.15, 0.2) is 0 Å². The Morgan fingerprint density at radius 3 is 2.50 bits per heavy atom. The predicted octanol–water partition coefficient (Wildman–Crippen LogP) is 3.09. The topological polar surface area (TPSA) is 35.5 Å². The molecule has 0 saturated heterocycles. The first-order valence-corrected chi connectivity index (χ1v) is 6.20. The van der Waals surface area contributed by atoms with Crippen LogP contribution in [0, 0.1) is 0 Å². The van der Waals surface area contributed by atoms with Crippen molar-refractivity contribution in [3.8, 4) is 0 Å². The summed E-state index contributed by atoms with van der Waals surface area (Å²) in [6, 6.07) is 0. The molecule has 0 aliphatic carbocycles. The van der Waals surface area contributed by atoms with E-state index in [4.69, 9.17) is 9.47 Å². The molecule has 3 heteroatoms. The van der Waals surface area contributed by atoms with Crippen molar-refractivity contribution in [1.82, 2.24) is 0 Å². The highest BCUT2D eigenvalue weighted by atomic mass is 16.5. The molecule has 0 aromatic carbocycles. The van der Waals surface area contributed by atoms with Gasteiger partial charge in [-0.05, 0) is 19.8 Å². The van der Waals surface area contributed by atoms with E-state index < -0.39 is 0 Å². The number of esters is 1. The van der Waals surface area contributed by atoms with Crippen LogP contribution >= 0.6 is 0 Å². The molecule has 0 fully saturated rings. The third-order valence-corrected chi connectivity index (χ3v) is 2.11. The second-order valence-corrected chi connectivity index (χ2v) is 3.64. The van der Waals surface area contributed by atoms with Gasteiger partial charge in [0.05, 0.1) is 18.8 Å². The Bertz CT molecular complexity index is 209. The lowest BCUT2D eigenvalue weighted by Gasteiger charge is -2.07. The van der Waals surface area contributed by atoms with E-state index in [9.17, 15) is 4.79 Å². The number of ether oxygens (including phenoxy) is 2. The molecule has 0 rings (SSSR count). The molecule has 3 nitrogen and oxygen atoms in total. The van der Waals surface area contributed by atoms with Crippen molar-refractivity contribution in [3.63, 3.8) is 0 Å². The molecule has 0 aromatic rings. The summed E-state index contributed by atoms with van der Waals surface area (Å²) >= 11 is 0. The summed E-state index contributed by atoms with van der Waals surface area (Å²) in [4.78, 5) is 11.6. The highest BCUT2D eigenvalue weighted by Gasteiger charge is 2.10. The third-order valence-electron chi connectivity index (χ3n) is 2.11. The van der Waals surface area contributed by atoms with Crippen molar-refractivity contribution < 1.29 is 14.3 Å². The highest BCUT2D eigenvalue weighted by Crippen LogP contribution is 2.05. The lowest BCUT2D eigenvalue weighted by Crippen LogP contribution is -2.13. The fourth-order valence-corrected chi connectivity index (χ4v) is 1.18. The number of allylic oxidation sites excluding steroid dienone is 1. The SMILES string of the molecule is CCCCC=C(COCC)C(=O)OCCC. The van der Waals surface area contributed by atoms with Crippen LogP contribution in [0.5, 0.6) is 0 Å². The molecule has 0 aliphatic heterocycles. The van der Waals surface area contributed by atoms with Crippen LogP contribution in [0.4, 0.5) is 0 Å². The fourth-order valence-electron chi connectivity index (χ4n) is 1.18. The number of unbranched alkanes of at least 4 members (excludes halogenated alkanes) is 2. The van der Waals surface area contributed by atoms with Gasteiger partial charge in [-0.1, -0.05) is 32.8 Å². The molecule has 0 unspecified atom stereocenters. The second-order valence-electron chi connectivity index (χ2n) is 3.64. The Labute approximate surface area is 98.8 Å². The number of carbonyl (C=O) groups excluding carboxylic acids is 1. The maximum atomic E-state index is 11.6. The normalized spacial score (nSPS) is 11.6. The van der Waals surface area contributed by atoms with Crippen LogP contribution in [0.1, 0.15) is 46.5 Å². The van der Waals surface area contributed by atoms with E-state index in [1.165, 1.54) is 0 Å². The standard InChI is InChI=1S/C13H24O3/c1-4-7-8-9-12(11-15-6-3)13(14)16-10-5-2/h9H,4-8,10-11H2,1-3H3. The molecule has 16 heavy (non-hydrogen) atoms. The number of hydrogen-bond donors (Lipinski definition) is 0. The maximum Gasteiger partial charge on any atom is 0.336 e. The van der Waals surface area contributed by atoms with Crippen LogP contribution in [0.15, 0.2) is 11.6 Å². The van der Waals surface area contributed by atoms with Crippen LogP contribution in [0.2, 0.25) is 0 Å². The van der Waals surface area contributed by atoms with Crippen molar-refractivity contribution >= 4 is 5.97 Å². The number of hydrogen-bond acceptors (Lipinski definition) is 3. The van der Waals surface area contributed by atoms with Gasteiger partial charge in [0.2, 0.25) is 0 Å². The van der Waals surface area contributed by atoms with E-state index in [1.807, 2.05) is 19.9 Å². The Morgan fingerprint density at radius 1 is 1.19 bits per heavy atom. The predicted molar refractivity (Wildman–Crippen MR) is 65.4 cm³/mol. The monoisotopic (exact) mass is 228 g/mol. The minimum atomic E-state index is -0.230. The Kier molecular flexibility index (Phi) is 10.1. The van der Waals surface area contributed by atoms with Gasteiger partial charge in [0, 0.05) is 6.61 Å². The fraction of sp³-hybridized carbons (Fsp3) is 0.769. The zero-order valence-corrected chi connectivity index (χ0v) is 10.8. The summed E-state index contributed by atoms with van der Waals surface area (Å²) in [5.41, 5.74) is 0.656. The minimum absolute atomic E-state index is 0.230. The average molecular weight is 228 g/mol. The van der Waals surface area contributed by atoms with Crippen LogP contribution in [0.25, 0.3) is 0 Å². The third kappa shape index (κ3) is 7.46. The van der Waals surface area contributed by atoms with E-state index in [1.54, 1.807) is 0 Å². The molecular weight excluding hydrogens is 204 g/mol. The lowest BCUT2D eigenvalue weighted by molar-refractivity contribution is -0.139. The quantitative estimate of drug-likeness (QED) is 0.345. The summed E-state index contributed by atoms with van der Waals surface area (Å²) in [7, 11) is 0. The van der Waals surface area contributed by atoms with Gasteiger partial charge in [0.1, 0.15) is 0 Å². The summed E-state index contributed by atoms with van der Waals surface area (Å²) in [6.45, 7) is 7.49. The molecule has 0 spiro atoms. The van der Waals surface area contributed by atoms with Crippen LogP contribution in [-0.4, -0.2) is 25.8 Å². The minimum Gasteiger partial charge on any atom is -0.462 e. The van der Waals surface area contributed by atoms with Gasteiger partial charge in [-0.25, -0.2) is 4.79 Å². The molecule has 0 bridgehead atoms. The van der Waals surface area contributed by atoms with Gasteiger partial charge in [-0.3, -0.25) is 0 Å². The Morgan fingerprint density at radius 2 is 1.94 bits per heavy atom. The van der Waals surface area contributed by atoms with E-state index in [0.717, 1.165) is 25.7 Å². The zero-order valence-electron chi connectivity index (χ0n) is 10.8. The van der Waals surface area contributed by atoms with Crippen molar-refractivity contribution in [2.75, 3.05) is 19.8 Å². The Hall–Kier alpha value is -0.830. The summed E-state index contributed by atoms with van der Waals surface area (Å²) in [5.74, 6) is -0.230. The van der Waals surface area contributed by atoms with Gasteiger partial charge in [-0.2, -0.15) is 0 Å². The lowest BCUT2D eigenvalue weighted by atomic mass is 10.2. The van der Waals surface area contributed by atoms with Crippen LogP contribution in [-0.2, 0) is 14.3 Å². The molecule has 0 saturated carbocycles. The van der Waals surface area contributed by atoms with E-state index >= 15 is 0 Å². The van der Waals surface area contributed by atoms with Gasteiger partial charge < -0.3 is 9.47 Å². The first-order valence-electron chi connectivity index (χ1n) is 6.20. The highest BCUT2D eigenvalue weighted by molar-refractivity contribution is 5.88. The van der Waals surface area contributed by atoms with Crippen LogP contribution < -0.4 is 0 Å². The summed E-state index contributed by atoms with van der Waals surface area (Å²) in [6.07, 6.45) is 5.93. The van der Waals surface area contributed by atoms with Crippen molar-refractivity contribution in [2.24, 2.45) is 0 Å². The molecule has 0 N–H and O–H groups in total. The second kappa shape index (κ2) is 10.7. The smallest absolute Gasteiger partial charge is 0.336 e. The van der Waals surface area contributed by atoms with E-state index in [2.05, 4.69) is 6.92 Å². The van der Waals surface area contributed by atoms with Crippen molar-refractivity contribution in [2.45, 2.75) is 46.5 Å². The summed E-state index contributed by atoms with van der Waals surface area (Å²) < 4.78 is 10.4. The summed E-state index contributed by atoms with van der Waals surface area (Å²) in [5, 5.41) is 0. The number of rotatable bonds is 9. The molecule has 0 atom stereocenters. The number of carbonyl (C=O) groups is 1. The zero-order chi connectivity index (χ0) is 12.2. The first kappa shape index (κ1) is 15.2. The largest absolute Gasteiger partial charge is 0.462 e. The van der Waals surface area contributed by atoms with E-state index in [-0.39, 0.29) is 5.97 Å². The molecule has 0 amide bonds. The maximum absolute atomic E-state index is 11.6. The molecular formula is C13H24O3. The van der Waals surface area contributed by atoms with Crippen LogP contribution in [0.3, 0.4) is 0 Å². The molecule has 0 heterocycles. The van der Waals surface area contributed by atoms with Crippen molar-refractivity contribution in [3.05, 3.63) is 11.6 Å². The molecule has 0 aliphatic rings. The molecule has 0 aromatic heterocycles. The van der Waals surface area contributed by atoms with Crippen molar-refractivity contribution in [1.29, 1.82) is 0 Å². The average Bonchev–Trinajstić information content (AvgIpc) is 2.30. The van der Waals surface area contributed by atoms with E-state index in [0.29, 0.717) is 25.4 Å². The Balaban J connectivity index is 4.16. The van der Waals surface area contributed by atoms with Gasteiger partial charge in [0.25, 0.3) is 0 Å². The van der Waals surface area contributed by atoms with Gasteiger partial charge in [-0.15, -0.1) is 0 Å².